The molecule has 4 nitrogen and oxygen atoms in total. The first-order valence-corrected chi connectivity index (χ1v) is 6.77. The van der Waals surface area contributed by atoms with Crippen LogP contribution in [0.5, 0.6) is 0 Å². The molecule has 0 unspecified atom stereocenters. The molecule has 1 aromatic carbocycles. The molecular weight excluding hydrogens is 274 g/mol. The molecule has 2 aromatic rings. The van der Waals surface area contributed by atoms with Gasteiger partial charge in [0.1, 0.15) is 5.15 Å². The van der Waals surface area contributed by atoms with Gasteiger partial charge in [-0.05, 0) is 31.9 Å². The molecule has 104 valence electrons. The molecule has 5 heteroatoms. The molecule has 1 heterocycles. The molecule has 0 atom stereocenters. The number of nitrogens with one attached hydrogen (secondary N) is 1. The van der Waals surface area contributed by atoms with Crippen LogP contribution in [0.15, 0.2) is 30.3 Å². The Morgan fingerprint density at radius 3 is 2.55 bits per heavy atom. The van der Waals surface area contributed by atoms with Crippen LogP contribution in [0.3, 0.4) is 0 Å². The predicted molar refractivity (Wildman–Crippen MR) is 79.9 cm³/mol. The molecule has 0 saturated heterocycles. The van der Waals surface area contributed by atoms with Crippen molar-refractivity contribution < 1.29 is 4.79 Å². The van der Waals surface area contributed by atoms with E-state index in [0.29, 0.717) is 18.0 Å². The van der Waals surface area contributed by atoms with Gasteiger partial charge in [-0.25, -0.2) is 9.97 Å². The first-order valence-electron chi connectivity index (χ1n) is 6.39. The van der Waals surface area contributed by atoms with Crippen molar-refractivity contribution in [2.75, 3.05) is 5.32 Å². The first-order chi connectivity index (χ1) is 9.52. The maximum Gasteiger partial charge on any atom is 0.231 e. The Hall–Kier alpha value is -1.94. The van der Waals surface area contributed by atoms with Crippen LogP contribution in [-0.4, -0.2) is 15.9 Å². The molecule has 0 aliphatic carbocycles. The van der Waals surface area contributed by atoms with Crippen molar-refractivity contribution in [3.63, 3.8) is 0 Å². The minimum absolute atomic E-state index is 0.118. The molecule has 0 radical (unpaired) electrons. The summed E-state index contributed by atoms with van der Waals surface area (Å²) in [6.07, 6.45) is 1.07. The van der Waals surface area contributed by atoms with Crippen LogP contribution in [0.4, 0.5) is 5.95 Å². The molecule has 0 aliphatic rings. The van der Waals surface area contributed by atoms with Crippen LogP contribution < -0.4 is 5.32 Å². The Balaban J connectivity index is 1.90. The molecule has 1 aromatic heterocycles. The Morgan fingerprint density at radius 1 is 1.20 bits per heavy atom. The zero-order valence-corrected chi connectivity index (χ0v) is 12.2. The summed E-state index contributed by atoms with van der Waals surface area (Å²) in [5, 5.41) is 2.98. The lowest BCUT2D eigenvalue weighted by molar-refractivity contribution is -0.116. The van der Waals surface area contributed by atoms with E-state index in [-0.39, 0.29) is 11.9 Å². The van der Waals surface area contributed by atoms with Crippen molar-refractivity contribution in [1.29, 1.82) is 0 Å². The summed E-state index contributed by atoms with van der Waals surface area (Å²) in [7, 11) is 0. The lowest BCUT2D eigenvalue weighted by Crippen LogP contribution is -2.15. The third-order valence-corrected chi connectivity index (χ3v) is 3.03. The van der Waals surface area contributed by atoms with E-state index in [9.17, 15) is 4.79 Å². The highest BCUT2D eigenvalue weighted by Crippen LogP contribution is 2.11. The maximum absolute atomic E-state index is 11.8. The summed E-state index contributed by atoms with van der Waals surface area (Å²) in [6.45, 7) is 3.84. The fourth-order valence-corrected chi connectivity index (χ4v) is 2.02. The van der Waals surface area contributed by atoms with Gasteiger partial charge in [-0.3, -0.25) is 10.1 Å². The highest BCUT2D eigenvalue weighted by atomic mass is 35.5. The van der Waals surface area contributed by atoms with E-state index in [1.54, 1.807) is 13.0 Å². The maximum atomic E-state index is 11.8. The highest BCUT2D eigenvalue weighted by Gasteiger charge is 2.06. The number of aromatic nitrogens is 2. The Labute approximate surface area is 123 Å². The molecule has 2 rings (SSSR count). The van der Waals surface area contributed by atoms with Gasteiger partial charge in [0.15, 0.2) is 0 Å². The topological polar surface area (TPSA) is 54.9 Å². The normalized spacial score (nSPS) is 10.3. The zero-order valence-electron chi connectivity index (χ0n) is 11.5. The third kappa shape index (κ3) is 4.31. The summed E-state index contributed by atoms with van der Waals surface area (Å²) >= 11 is 5.82. The van der Waals surface area contributed by atoms with E-state index in [1.807, 2.05) is 31.2 Å². The van der Waals surface area contributed by atoms with Crippen LogP contribution in [0.2, 0.25) is 5.15 Å². The molecule has 1 amide bonds. The van der Waals surface area contributed by atoms with Crippen LogP contribution >= 0.6 is 11.6 Å². The molecule has 20 heavy (non-hydrogen) atoms. The van der Waals surface area contributed by atoms with Crippen LogP contribution in [0, 0.1) is 13.8 Å². The van der Waals surface area contributed by atoms with E-state index in [0.717, 1.165) is 11.3 Å². The largest absolute Gasteiger partial charge is 0.294 e. The number of carbonyl (C=O) groups is 1. The fourth-order valence-electron chi connectivity index (χ4n) is 1.79. The van der Waals surface area contributed by atoms with Crippen molar-refractivity contribution >= 4 is 23.5 Å². The number of halogens is 1. The second-order valence-corrected chi connectivity index (χ2v) is 5.08. The second kappa shape index (κ2) is 6.48. The van der Waals surface area contributed by atoms with Crippen molar-refractivity contribution in [2.45, 2.75) is 26.7 Å². The van der Waals surface area contributed by atoms with Gasteiger partial charge in [0.25, 0.3) is 0 Å². The quantitative estimate of drug-likeness (QED) is 0.879. The number of carbonyl (C=O) groups excluding carboxylic acids is 1. The predicted octanol–water partition coefficient (Wildman–Crippen LogP) is 3.32. The Kier molecular flexibility index (Phi) is 4.69. The van der Waals surface area contributed by atoms with Gasteiger partial charge < -0.3 is 0 Å². The number of amides is 1. The van der Waals surface area contributed by atoms with Gasteiger partial charge in [-0.2, -0.15) is 0 Å². The Bertz CT molecular complexity index is 591. The van der Waals surface area contributed by atoms with E-state index in [2.05, 4.69) is 15.3 Å². The summed E-state index contributed by atoms with van der Waals surface area (Å²) < 4.78 is 0. The van der Waals surface area contributed by atoms with Crippen LogP contribution in [-0.2, 0) is 11.2 Å². The van der Waals surface area contributed by atoms with Crippen molar-refractivity contribution in [3.8, 4) is 0 Å². The first kappa shape index (κ1) is 14.5. The zero-order chi connectivity index (χ0) is 14.5. The minimum Gasteiger partial charge on any atom is -0.294 e. The number of hydrogen-bond acceptors (Lipinski definition) is 3. The molecule has 0 aliphatic heterocycles. The molecule has 0 saturated carbocycles. The van der Waals surface area contributed by atoms with E-state index in [4.69, 9.17) is 11.6 Å². The summed E-state index contributed by atoms with van der Waals surface area (Å²) in [4.78, 5) is 19.9. The Morgan fingerprint density at radius 2 is 1.90 bits per heavy atom. The van der Waals surface area contributed by atoms with Crippen molar-refractivity contribution in [2.24, 2.45) is 0 Å². The summed E-state index contributed by atoms with van der Waals surface area (Å²) in [5.41, 5.74) is 3.06. The van der Waals surface area contributed by atoms with Crippen molar-refractivity contribution in [1.82, 2.24) is 9.97 Å². The summed E-state index contributed by atoms with van der Waals surface area (Å²) in [6, 6.07) is 9.78. The number of rotatable bonds is 4. The molecular formula is C15H16ClN3O. The lowest BCUT2D eigenvalue weighted by atomic mass is 10.1. The number of aryl methyl sites for hydroxylation is 3. The second-order valence-electron chi connectivity index (χ2n) is 4.69. The van der Waals surface area contributed by atoms with Gasteiger partial charge in [-0.1, -0.05) is 41.4 Å². The van der Waals surface area contributed by atoms with Gasteiger partial charge in [0, 0.05) is 12.1 Å². The monoisotopic (exact) mass is 289 g/mol. The minimum atomic E-state index is -0.118. The van der Waals surface area contributed by atoms with Crippen molar-refractivity contribution in [3.05, 3.63) is 52.3 Å². The molecule has 1 N–H and O–H groups in total. The third-order valence-electron chi connectivity index (χ3n) is 2.84. The lowest BCUT2D eigenvalue weighted by Gasteiger charge is -2.05. The molecule has 0 bridgehead atoms. The average Bonchev–Trinajstić information content (AvgIpc) is 2.37. The van der Waals surface area contributed by atoms with E-state index in [1.165, 1.54) is 5.56 Å². The molecule has 0 fully saturated rings. The fraction of sp³-hybridized carbons (Fsp3) is 0.267. The van der Waals surface area contributed by atoms with Gasteiger partial charge in [0.05, 0.1) is 0 Å². The van der Waals surface area contributed by atoms with Crippen LogP contribution in [0.1, 0.15) is 23.2 Å². The SMILES string of the molecule is Cc1ccc(CCC(=O)Nc2nc(C)cc(Cl)n2)cc1. The van der Waals surface area contributed by atoms with E-state index >= 15 is 0 Å². The summed E-state index contributed by atoms with van der Waals surface area (Å²) in [5.74, 6) is 0.135. The van der Waals surface area contributed by atoms with Gasteiger partial charge in [0.2, 0.25) is 11.9 Å². The van der Waals surface area contributed by atoms with Gasteiger partial charge >= 0.3 is 0 Å². The number of nitrogens with zero attached hydrogens (tertiary/aromatic N) is 2. The smallest absolute Gasteiger partial charge is 0.231 e. The molecule has 0 spiro atoms. The average molecular weight is 290 g/mol. The number of anilines is 1. The number of hydrogen-bond donors (Lipinski definition) is 1. The van der Waals surface area contributed by atoms with E-state index < -0.39 is 0 Å². The number of benzene rings is 1. The standard InChI is InChI=1S/C15H16ClN3O/c1-10-3-5-12(6-4-10)7-8-14(20)19-15-17-11(2)9-13(16)18-15/h3-6,9H,7-8H2,1-2H3,(H,17,18,19,20). The van der Waals surface area contributed by atoms with Crippen LogP contribution in [0.25, 0.3) is 0 Å². The van der Waals surface area contributed by atoms with Gasteiger partial charge in [-0.15, -0.1) is 0 Å². The highest BCUT2D eigenvalue weighted by molar-refractivity contribution is 6.29.